The molecular weight excluding hydrogens is 222 g/mol. The van der Waals surface area contributed by atoms with Crippen LogP contribution in [0.5, 0.6) is 0 Å². The summed E-state index contributed by atoms with van der Waals surface area (Å²) in [6.45, 7) is 4.51. The molecule has 1 unspecified atom stereocenters. The Hall–Kier alpha value is 0.01000. The summed E-state index contributed by atoms with van der Waals surface area (Å²) >= 11 is 3.82. The minimum absolute atomic E-state index is 0.357. The van der Waals surface area contributed by atoms with Crippen LogP contribution in [0, 0.1) is 5.92 Å². The lowest BCUT2D eigenvalue weighted by Gasteiger charge is -2.11. The molecule has 1 rings (SSSR count). The number of rotatable bonds is 7. The van der Waals surface area contributed by atoms with E-state index in [-0.39, 0.29) is 0 Å². The van der Waals surface area contributed by atoms with Gasteiger partial charge in [-0.3, -0.25) is 0 Å². The van der Waals surface area contributed by atoms with E-state index in [1.165, 1.54) is 10.6 Å². The third-order valence-electron chi connectivity index (χ3n) is 2.12. The zero-order chi connectivity index (χ0) is 11.1. The molecule has 0 aromatic carbocycles. The first-order valence-electron chi connectivity index (χ1n) is 5.54. The van der Waals surface area contributed by atoms with Crippen LogP contribution in [-0.4, -0.2) is 17.5 Å². The molecular formula is C12H21NS2. The molecule has 0 aliphatic carbocycles. The van der Waals surface area contributed by atoms with E-state index in [9.17, 15) is 0 Å². The minimum atomic E-state index is 0.357. The van der Waals surface area contributed by atoms with Crippen molar-refractivity contribution in [3.8, 4) is 0 Å². The highest BCUT2D eigenvalue weighted by atomic mass is 32.2. The lowest BCUT2D eigenvalue weighted by Crippen LogP contribution is -2.23. The van der Waals surface area contributed by atoms with Crippen LogP contribution in [0.3, 0.4) is 0 Å². The second kappa shape index (κ2) is 7.31. The molecule has 0 amide bonds. The normalized spacial score (nSPS) is 13.3. The van der Waals surface area contributed by atoms with Crippen molar-refractivity contribution in [1.29, 1.82) is 0 Å². The number of hydrogen-bond acceptors (Lipinski definition) is 3. The first-order valence-corrected chi connectivity index (χ1v) is 7.57. The monoisotopic (exact) mass is 243 g/mol. The van der Waals surface area contributed by atoms with Gasteiger partial charge in [-0.2, -0.15) is 11.8 Å². The third-order valence-corrected chi connectivity index (χ3v) is 4.63. The Kier molecular flexibility index (Phi) is 6.37. The Labute approximate surface area is 101 Å². The van der Waals surface area contributed by atoms with Crippen molar-refractivity contribution in [3.05, 3.63) is 22.4 Å². The summed E-state index contributed by atoms with van der Waals surface area (Å²) in [6, 6.07) is 4.66. The molecule has 86 valence electrons. The van der Waals surface area contributed by atoms with Crippen LogP contribution < -0.4 is 5.73 Å². The lowest BCUT2D eigenvalue weighted by atomic mass is 10.2. The highest BCUT2D eigenvalue weighted by Gasteiger charge is 2.04. The molecule has 0 fully saturated rings. The van der Waals surface area contributed by atoms with E-state index in [0.717, 1.165) is 24.5 Å². The van der Waals surface area contributed by atoms with Gasteiger partial charge in [0.15, 0.2) is 0 Å². The number of thioether (sulfide) groups is 1. The standard InChI is InChI=1S/C12H21NS2/c1-10(2)8-14-9-11(13)5-6-12-4-3-7-15-12/h3-4,7,10-11H,5-6,8-9,13H2,1-2H3. The van der Waals surface area contributed by atoms with E-state index >= 15 is 0 Å². The number of hydrogen-bond donors (Lipinski definition) is 1. The average Bonchev–Trinajstić information content (AvgIpc) is 2.66. The Morgan fingerprint density at radius 3 is 2.80 bits per heavy atom. The molecule has 0 radical (unpaired) electrons. The SMILES string of the molecule is CC(C)CSCC(N)CCc1cccs1. The summed E-state index contributed by atoms with van der Waals surface area (Å²) in [5.41, 5.74) is 6.06. The Morgan fingerprint density at radius 2 is 2.20 bits per heavy atom. The number of aryl methyl sites for hydroxylation is 1. The fourth-order valence-corrected chi connectivity index (χ4v) is 3.12. The van der Waals surface area contributed by atoms with Gasteiger partial charge in [-0.05, 0) is 36.0 Å². The lowest BCUT2D eigenvalue weighted by molar-refractivity contribution is 0.676. The van der Waals surface area contributed by atoms with Gasteiger partial charge in [0.2, 0.25) is 0 Å². The van der Waals surface area contributed by atoms with Gasteiger partial charge in [0, 0.05) is 16.7 Å². The quantitative estimate of drug-likeness (QED) is 0.794. The minimum Gasteiger partial charge on any atom is -0.327 e. The Balaban J connectivity index is 2.06. The summed E-state index contributed by atoms with van der Waals surface area (Å²) < 4.78 is 0. The van der Waals surface area contributed by atoms with Crippen LogP contribution in [0.15, 0.2) is 17.5 Å². The molecule has 3 heteroatoms. The molecule has 1 atom stereocenters. The summed E-state index contributed by atoms with van der Waals surface area (Å²) in [5, 5.41) is 2.13. The van der Waals surface area contributed by atoms with Crippen LogP contribution in [-0.2, 0) is 6.42 Å². The molecule has 0 saturated carbocycles. The Morgan fingerprint density at radius 1 is 1.40 bits per heavy atom. The van der Waals surface area contributed by atoms with Crippen molar-refractivity contribution >= 4 is 23.1 Å². The van der Waals surface area contributed by atoms with Gasteiger partial charge in [0.1, 0.15) is 0 Å². The maximum Gasteiger partial charge on any atom is 0.0133 e. The second-order valence-corrected chi connectivity index (χ2v) is 6.42. The summed E-state index contributed by atoms with van der Waals surface area (Å²) in [4.78, 5) is 1.46. The van der Waals surface area contributed by atoms with E-state index in [0.29, 0.717) is 6.04 Å². The van der Waals surface area contributed by atoms with Crippen molar-refractivity contribution in [2.75, 3.05) is 11.5 Å². The Bertz CT molecular complexity index is 244. The molecule has 0 spiro atoms. The van der Waals surface area contributed by atoms with Crippen LogP contribution in [0.4, 0.5) is 0 Å². The van der Waals surface area contributed by atoms with E-state index in [1.54, 1.807) is 0 Å². The van der Waals surface area contributed by atoms with E-state index in [2.05, 4.69) is 31.4 Å². The van der Waals surface area contributed by atoms with Crippen molar-refractivity contribution in [3.63, 3.8) is 0 Å². The zero-order valence-electron chi connectivity index (χ0n) is 9.61. The smallest absolute Gasteiger partial charge is 0.0133 e. The molecule has 1 heterocycles. The van der Waals surface area contributed by atoms with Gasteiger partial charge < -0.3 is 5.73 Å². The molecule has 1 aromatic heterocycles. The molecule has 1 nitrogen and oxygen atoms in total. The third kappa shape index (κ3) is 6.23. The van der Waals surface area contributed by atoms with E-state index < -0.39 is 0 Å². The van der Waals surface area contributed by atoms with Gasteiger partial charge in [-0.1, -0.05) is 19.9 Å². The van der Waals surface area contributed by atoms with Crippen molar-refractivity contribution in [2.24, 2.45) is 11.7 Å². The molecule has 0 bridgehead atoms. The van der Waals surface area contributed by atoms with Crippen LogP contribution in [0.25, 0.3) is 0 Å². The molecule has 1 aromatic rings. The second-order valence-electron chi connectivity index (χ2n) is 4.31. The molecule has 0 aliphatic rings. The number of nitrogens with two attached hydrogens (primary N) is 1. The molecule has 0 aliphatic heterocycles. The molecule has 15 heavy (non-hydrogen) atoms. The largest absolute Gasteiger partial charge is 0.327 e. The van der Waals surface area contributed by atoms with Crippen LogP contribution in [0.1, 0.15) is 25.1 Å². The van der Waals surface area contributed by atoms with Crippen molar-refractivity contribution < 1.29 is 0 Å². The summed E-state index contributed by atoms with van der Waals surface area (Å²) in [6.07, 6.45) is 2.26. The highest BCUT2D eigenvalue weighted by molar-refractivity contribution is 7.99. The first kappa shape index (κ1) is 13.1. The highest BCUT2D eigenvalue weighted by Crippen LogP contribution is 2.14. The molecule has 2 N–H and O–H groups in total. The fourth-order valence-electron chi connectivity index (χ4n) is 1.32. The van der Waals surface area contributed by atoms with Gasteiger partial charge >= 0.3 is 0 Å². The maximum atomic E-state index is 6.06. The zero-order valence-corrected chi connectivity index (χ0v) is 11.2. The molecule has 0 saturated heterocycles. The maximum absolute atomic E-state index is 6.06. The van der Waals surface area contributed by atoms with Gasteiger partial charge in [0.25, 0.3) is 0 Å². The predicted molar refractivity (Wildman–Crippen MR) is 72.8 cm³/mol. The van der Waals surface area contributed by atoms with Crippen molar-refractivity contribution in [1.82, 2.24) is 0 Å². The van der Waals surface area contributed by atoms with Crippen LogP contribution in [0.2, 0.25) is 0 Å². The van der Waals surface area contributed by atoms with Gasteiger partial charge in [0.05, 0.1) is 0 Å². The first-order chi connectivity index (χ1) is 7.18. The topological polar surface area (TPSA) is 26.0 Å². The van der Waals surface area contributed by atoms with Crippen LogP contribution >= 0.6 is 23.1 Å². The van der Waals surface area contributed by atoms with Gasteiger partial charge in [-0.15, -0.1) is 11.3 Å². The predicted octanol–water partition coefficient (Wildman–Crippen LogP) is 3.40. The average molecular weight is 243 g/mol. The van der Waals surface area contributed by atoms with Gasteiger partial charge in [-0.25, -0.2) is 0 Å². The summed E-state index contributed by atoms with van der Waals surface area (Å²) in [7, 11) is 0. The van der Waals surface area contributed by atoms with Crippen molar-refractivity contribution in [2.45, 2.75) is 32.7 Å². The summed E-state index contributed by atoms with van der Waals surface area (Å²) in [5.74, 6) is 3.11. The number of thiophene rings is 1. The van der Waals surface area contributed by atoms with E-state index in [1.807, 2.05) is 23.1 Å². The fraction of sp³-hybridized carbons (Fsp3) is 0.667. The van der Waals surface area contributed by atoms with E-state index in [4.69, 9.17) is 5.73 Å².